The maximum absolute atomic E-state index is 11.5. The first-order chi connectivity index (χ1) is 8.29. The van der Waals surface area contributed by atoms with Gasteiger partial charge < -0.3 is 15.8 Å². The predicted octanol–water partition coefficient (Wildman–Crippen LogP) is 2.86. The molecule has 100 valence electrons. The van der Waals surface area contributed by atoms with Crippen LogP contribution in [0.1, 0.15) is 32.4 Å². The van der Waals surface area contributed by atoms with Crippen LogP contribution in [0, 0.1) is 0 Å². The Labute approximate surface area is 112 Å². The average Bonchev–Trinajstić information content (AvgIpc) is 2.24. The largest absolute Gasteiger partial charge is 0.444 e. The Balaban J connectivity index is 2.49. The zero-order valence-corrected chi connectivity index (χ0v) is 11.6. The molecule has 1 aromatic rings. The molecular formula is C13H19ClN2O2. The Kier molecular flexibility index (Phi) is 4.99. The van der Waals surface area contributed by atoms with E-state index in [2.05, 4.69) is 5.32 Å². The smallest absolute Gasteiger partial charge is 0.407 e. The molecular weight excluding hydrogens is 252 g/mol. The Morgan fingerprint density at radius 2 is 2.06 bits per heavy atom. The fourth-order valence-corrected chi connectivity index (χ4v) is 1.67. The summed E-state index contributed by atoms with van der Waals surface area (Å²) in [6.45, 7) is 5.69. The zero-order chi connectivity index (χ0) is 13.8. The van der Waals surface area contributed by atoms with Gasteiger partial charge in [0.2, 0.25) is 0 Å². The van der Waals surface area contributed by atoms with Gasteiger partial charge in [-0.3, -0.25) is 0 Å². The fourth-order valence-electron chi connectivity index (χ4n) is 1.39. The number of ether oxygens (including phenoxy) is 1. The number of halogens is 1. The van der Waals surface area contributed by atoms with E-state index in [0.717, 1.165) is 5.56 Å². The van der Waals surface area contributed by atoms with Crippen molar-refractivity contribution in [1.29, 1.82) is 0 Å². The van der Waals surface area contributed by atoms with Gasteiger partial charge in [-0.2, -0.15) is 0 Å². The summed E-state index contributed by atoms with van der Waals surface area (Å²) >= 11 is 6.02. The van der Waals surface area contributed by atoms with Crippen LogP contribution in [0.3, 0.4) is 0 Å². The molecule has 0 fully saturated rings. The highest BCUT2D eigenvalue weighted by atomic mass is 35.5. The number of carbonyl (C=O) groups is 1. The van der Waals surface area contributed by atoms with Gasteiger partial charge in [0.1, 0.15) is 5.60 Å². The van der Waals surface area contributed by atoms with Crippen LogP contribution in [0.5, 0.6) is 0 Å². The van der Waals surface area contributed by atoms with Crippen LogP contribution in [0.4, 0.5) is 4.79 Å². The van der Waals surface area contributed by atoms with Crippen molar-refractivity contribution in [3.05, 3.63) is 34.9 Å². The van der Waals surface area contributed by atoms with Gasteiger partial charge in [-0.25, -0.2) is 4.79 Å². The standard InChI is InChI=1S/C13H19ClN2O2/c1-13(2,3)18-12(17)16-8-11(15)9-6-4-5-7-10(9)14/h4-7,11H,8,15H2,1-3H3,(H,16,17). The molecule has 0 saturated carbocycles. The lowest BCUT2D eigenvalue weighted by atomic mass is 10.1. The van der Waals surface area contributed by atoms with Gasteiger partial charge in [0.25, 0.3) is 0 Å². The van der Waals surface area contributed by atoms with E-state index in [9.17, 15) is 4.79 Å². The molecule has 5 heteroatoms. The highest BCUT2D eigenvalue weighted by Crippen LogP contribution is 2.20. The lowest BCUT2D eigenvalue weighted by Gasteiger charge is -2.21. The van der Waals surface area contributed by atoms with Crippen LogP contribution in [0.15, 0.2) is 24.3 Å². The van der Waals surface area contributed by atoms with Crippen LogP contribution >= 0.6 is 11.6 Å². The van der Waals surface area contributed by atoms with E-state index in [1.165, 1.54) is 0 Å². The minimum absolute atomic E-state index is 0.276. The van der Waals surface area contributed by atoms with Gasteiger partial charge in [-0.1, -0.05) is 29.8 Å². The van der Waals surface area contributed by atoms with Crippen molar-refractivity contribution in [3.8, 4) is 0 Å². The first kappa shape index (κ1) is 14.8. The van der Waals surface area contributed by atoms with Gasteiger partial charge in [-0.05, 0) is 32.4 Å². The van der Waals surface area contributed by atoms with Crippen LogP contribution in [-0.4, -0.2) is 18.2 Å². The Morgan fingerprint density at radius 1 is 1.44 bits per heavy atom. The highest BCUT2D eigenvalue weighted by Gasteiger charge is 2.17. The summed E-state index contributed by atoms with van der Waals surface area (Å²) in [6, 6.07) is 6.94. The quantitative estimate of drug-likeness (QED) is 0.888. The molecule has 0 aliphatic rings. The van der Waals surface area contributed by atoms with Crippen molar-refractivity contribution in [3.63, 3.8) is 0 Å². The molecule has 0 aliphatic carbocycles. The number of nitrogens with two attached hydrogens (primary N) is 1. The third-order valence-electron chi connectivity index (χ3n) is 2.17. The summed E-state index contributed by atoms with van der Waals surface area (Å²) in [5.74, 6) is 0. The molecule has 0 spiro atoms. The Morgan fingerprint density at radius 3 is 2.61 bits per heavy atom. The zero-order valence-electron chi connectivity index (χ0n) is 10.9. The molecule has 0 aliphatic heterocycles. The number of hydrogen-bond acceptors (Lipinski definition) is 3. The second-order valence-corrected chi connectivity index (χ2v) is 5.42. The summed E-state index contributed by atoms with van der Waals surface area (Å²) < 4.78 is 5.12. The maximum Gasteiger partial charge on any atom is 0.407 e. The molecule has 1 rings (SSSR count). The monoisotopic (exact) mass is 270 g/mol. The van der Waals surface area contributed by atoms with E-state index in [1.54, 1.807) is 26.8 Å². The van der Waals surface area contributed by atoms with Gasteiger partial charge in [0.05, 0.1) is 0 Å². The average molecular weight is 271 g/mol. The topological polar surface area (TPSA) is 64.3 Å². The lowest BCUT2D eigenvalue weighted by molar-refractivity contribution is 0.0524. The SMILES string of the molecule is CC(C)(C)OC(=O)NCC(N)c1ccccc1Cl. The summed E-state index contributed by atoms with van der Waals surface area (Å²) in [5.41, 5.74) is 6.24. The van der Waals surface area contributed by atoms with Crippen LogP contribution < -0.4 is 11.1 Å². The summed E-state index contributed by atoms with van der Waals surface area (Å²) in [7, 11) is 0. The Hall–Kier alpha value is -1.26. The molecule has 0 radical (unpaired) electrons. The molecule has 1 unspecified atom stereocenters. The second kappa shape index (κ2) is 6.07. The minimum Gasteiger partial charge on any atom is -0.444 e. The maximum atomic E-state index is 11.5. The molecule has 0 heterocycles. The molecule has 0 aromatic heterocycles. The summed E-state index contributed by atoms with van der Waals surface area (Å²) in [6.07, 6.45) is -0.481. The van der Waals surface area contributed by atoms with Crippen molar-refractivity contribution < 1.29 is 9.53 Å². The van der Waals surface area contributed by atoms with E-state index >= 15 is 0 Å². The van der Waals surface area contributed by atoms with Crippen LogP contribution in [0.2, 0.25) is 5.02 Å². The van der Waals surface area contributed by atoms with Crippen LogP contribution in [0.25, 0.3) is 0 Å². The van der Waals surface area contributed by atoms with Gasteiger partial charge >= 0.3 is 6.09 Å². The number of hydrogen-bond donors (Lipinski definition) is 2. The lowest BCUT2D eigenvalue weighted by Crippen LogP contribution is -2.36. The minimum atomic E-state index is -0.515. The normalized spacial score (nSPS) is 12.9. The predicted molar refractivity (Wildman–Crippen MR) is 72.6 cm³/mol. The summed E-state index contributed by atoms with van der Waals surface area (Å²) in [5, 5.41) is 3.21. The molecule has 4 nitrogen and oxygen atoms in total. The van der Waals surface area contributed by atoms with Crippen molar-refractivity contribution >= 4 is 17.7 Å². The number of carbonyl (C=O) groups excluding carboxylic acids is 1. The van der Waals surface area contributed by atoms with E-state index in [1.807, 2.05) is 18.2 Å². The van der Waals surface area contributed by atoms with Crippen LogP contribution in [-0.2, 0) is 4.74 Å². The van der Waals surface area contributed by atoms with Gasteiger partial charge in [0, 0.05) is 17.6 Å². The van der Waals surface area contributed by atoms with Gasteiger partial charge in [-0.15, -0.1) is 0 Å². The fraction of sp³-hybridized carbons (Fsp3) is 0.462. The van der Waals surface area contributed by atoms with E-state index in [-0.39, 0.29) is 12.6 Å². The third kappa shape index (κ3) is 4.94. The van der Waals surface area contributed by atoms with Gasteiger partial charge in [0.15, 0.2) is 0 Å². The van der Waals surface area contributed by atoms with Crippen molar-refractivity contribution in [2.45, 2.75) is 32.4 Å². The van der Waals surface area contributed by atoms with E-state index in [4.69, 9.17) is 22.1 Å². The molecule has 0 saturated heterocycles. The molecule has 1 amide bonds. The molecule has 1 aromatic carbocycles. The highest BCUT2D eigenvalue weighted by molar-refractivity contribution is 6.31. The van der Waals surface area contributed by atoms with E-state index < -0.39 is 11.7 Å². The number of benzene rings is 1. The van der Waals surface area contributed by atoms with Crippen molar-refractivity contribution in [1.82, 2.24) is 5.32 Å². The molecule has 0 bridgehead atoms. The first-order valence-electron chi connectivity index (χ1n) is 5.76. The first-order valence-corrected chi connectivity index (χ1v) is 6.14. The number of rotatable bonds is 3. The summed E-state index contributed by atoms with van der Waals surface area (Å²) in [4.78, 5) is 11.5. The van der Waals surface area contributed by atoms with Crippen molar-refractivity contribution in [2.24, 2.45) is 5.73 Å². The Bertz CT molecular complexity index is 416. The number of nitrogens with one attached hydrogen (secondary N) is 1. The second-order valence-electron chi connectivity index (χ2n) is 5.01. The molecule has 1 atom stereocenters. The van der Waals surface area contributed by atoms with E-state index in [0.29, 0.717) is 5.02 Å². The molecule has 3 N–H and O–H groups in total. The molecule has 18 heavy (non-hydrogen) atoms. The third-order valence-corrected chi connectivity index (χ3v) is 2.51. The van der Waals surface area contributed by atoms with Crippen molar-refractivity contribution in [2.75, 3.05) is 6.54 Å². The number of alkyl carbamates (subject to hydrolysis) is 1. The number of amides is 1.